The van der Waals surface area contributed by atoms with Crippen LogP contribution in [0.15, 0.2) is 30.3 Å². The summed E-state index contributed by atoms with van der Waals surface area (Å²) in [6.45, 7) is 2.10. The number of aromatic nitrogens is 2. The van der Waals surface area contributed by atoms with Crippen molar-refractivity contribution in [2.75, 3.05) is 12.4 Å². The Balaban J connectivity index is 2.46. The number of rotatable bonds is 4. The van der Waals surface area contributed by atoms with Gasteiger partial charge in [0.05, 0.1) is 0 Å². The van der Waals surface area contributed by atoms with E-state index in [4.69, 9.17) is 0 Å². The SMILES string of the molecule is CCCc1cc(NC)nc(-c2cccc(F)c2)n1. The van der Waals surface area contributed by atoms with E-state index in [-0.39, 0.29) is 5.82 Å². The molecule has 1 aromatic carbocycles. The van der Waals surface area contributed by atoms with Crippen LogP contribution in [0.1, 0.15) is 19.0 Å². The third-order valence-electron chi connectivity index (χ3n) is 2.62. The molecule has 0 aliphatic carbocycles. The normalized spacial score (nSPS) is 10.4. The standard InChI is InChI=1S/C14H16FN3/c1-3-5-12-9-13(16-2)18-14(17-12)10-6-4-7-11(15)8-10/h4,6-9H,3,5H2,1-2H3,(H,16,17,18). The Labute approximate surface area is 106 Å². The van der Waals surface area contributed by atoms with Crippen LogP contribution >= 0.6 is 0 Å². The highest BCUT2D eigenvalue weighted by atomic mass is 19.1. The molecule has 0 fully saturated rings. The van der Waals surface area contributed by atoms with Gasteiger partial charge in [0, 0.05) is 24.4 Å². The maximum Gasteiger partial charge on any atom is 0.161 e. The molecule has 94 valence electrons. The van der Waals surface area contributed by atoms with Crippen LogP contribution in [-0.4, -0.2) is 17.0 Å². The summed E-state index contributed by atoms with van der Waals surface area (Å²) >= 11 is 0. The minimum absolute atomic E-state index is 0.275. The van der Waals surface area contributed by atoms with Crippen molar-refractivity contribution in [3.8, 4) is 11.4 Å². The molecule has 18 heavy (non-hydrogen) atoms. The molecule has 0 amide bonds. The largest absolute Gasteiger partial charge is 0.373 e. The van der Waals surface area contributed by atoms with Crippen molar-refractivity contribution in [3.05, 3.63) is 41.8 Å². The number of aryl methyl sites for hydroxylation is 1. The fourth-order valence-corrected chi connectivity index (χ4v) is 1.77. The molecule has 0 saturated carbocycles. The summed E-state index contributed by atoms with van der Waals surface area (Å²) in [6.07, 6.45) is 1.91. The molecule has 1 aromatic heterocycles. The third-order valence-corrected chi connectivity index (χ3v) is 2.62. The highest BCUT2D eigenvalue weighted by Crippen LogP contribution is 2.19. The summed E-state index contributed by atoms with van der Waals surface area (Å²) < 4.78 is 13.2. The Hall–Kier alpha value is -1.97. The molecule has 0 aliphatic heterocycles. The van der Waals surface area contributed by atoms with Crippen molar-refractivity contribution in [2.45, 2.75) is 19.8 Å². The summed E-state index contributed by atoms with van der Waals surface area (Å²) in [5, 5.41) is 3.01. The summed E-state index contributed by atoms with van der Waals surface area (Å²) in [5.41, 5.74) is 1.67. The first-order valence-electron chi connectivity index (χ1n) is 6.04. The second-order valence-electron chi connectivity index (χ2n) is 4.08. The van der Waals surface area contributed by atoms with E-state index in [9.17, 15) is 4.39 Å². The van der Waals surface area contributed by atoms with Gasteiger partial charge in [0.15, 0.2) is 5.82 Å². The van der Waals surface area contributed by atoms with Crippen molar-refractivity contribution in [1.29, 1.82) is 0 Å². The van der Waals surface area contributed by atoms with Crippen molar-refractivity contribution >= 4 is 5.82 Å². The van der Waals surface area contributed by atoms with Crippen LogP contribution in [0.4, 0.5) is 10.2 Å². The number of hydrogen-bond donors (Lipinski definition) is 1. The summed E-state index contributed by atoms with van der Waals surface area (Å²) in [4.78, 5) is 8.82. The number of hydrogen-bond acceptors (Lipinski definition) is 3. The van der Waals surface area contributed by atoms with Gasteiger partial charge in [0.1, 0.15) is 11.6 Å². The van der Waals surface area contributed by atoms with Gasteiger partial charge in [-0.1, -0.05) is 25.5 Å². The number of nitrogens with one attached hydrogen (secondary N) is 1. The second-order valence-corrected chi connectivity index (χ2v) is 4.08. The van der Waals surface area contributed by atoms with Crippen molar-refractivity contribution in [3.63, 3.8) is 0 Å². The number of anilines is 1. The van der Waals surface area contributed by atoms with Gasteiger partial charge in [0.25, 0.3) is 0 Å². The molecular formula is C14H16FN3. The Morgan fingerprint density at radius 1 is 1.22 bits per heavy atom. The molecule has 0 saturated heterocycles. The lowest BCUT2D eigenvalue weighted by Crippen LogP contribution is -2.01. The maximum atomic E-state index is 13.2. The summed E-state index contributed by atoms with van der Waals surface area (Å²) in [7, 11) is 1.81. The van der Waals surface area contributed by atoms with E-state index in [1.165, 1.54) is 12.1 Å². The van der Waals surface area contributed by atoms with Gasteiger partial charge in [0.2, 0.25) is 0 Å². The highest BCUT2D eigenvalue weighted by molar-refractivity contribution is 5.57. The highest BCUT2D eigenvalue weighted by Gasteiger charge is 2.06. The lowest BCUT2D eigenvalue weighted by atomic mass is 10.2. The minimum Gasteiger partial charge on any atom is -0.373 e. The first-order chi connectivity index (χ1) is 8.72. The monoisotopic (exact) mass is 245 g/mol. The smallest absolute Gasteiger partial charge is 0.161 e. The zero-order valence-electron chi connectivity index (χ0n) is 10.6. The van der Waals surface area contributed by atoms with Gasteiger partial charge in [-0.15, -0.1) is 0 Å². The quantitative estimate of drug-likeness (QED) is 0.898. The van der Waals surface area contributed by atoms with Gasteiger partial charge in [-0.05, 0) is 18.6 Å². The second kappa shape index (κ2) is 5.58. The molecule has 0 bridgehead atoms. The van der Waals surface area contributed by atoms with E-state index in [2.05, 4.69) is 22.2 Å². The summed E-state index contributed by atoms with van der Waals surface area (Å²) in [6, 6.07) is 8.27. The predicted octanol–water partition coefficient (Wildman–Crippen LogP) is 3.28. The Kier molecular flexibility index (Phi) is 3.87. The molecule has 0 unspecified atom stereocenters. The topological polar surface area (TPSA) is 37.8 Å². The predicted molar refractivity (Wildman–Crippen MR) is 71.0 cm³/mol. The van der Waals surface area contributed by atoms with Crippen LogP contribution in [0.5, 0.6) is 0 Å². The lowest BCUT2D eigenvalue weighted by Gasteiger charge is -2.07. The zero-order chi connectivity index (χ0) is 13.0. The lowest BCUT2D eigenvalue weighted by molar-refractivity contribution is 0.628. The van der Waals surface area contributed by atoms with E-state index < -0.39 is 0 Å². The molecule has 4 heteroatoms. The molecule has 2 aromatic rings. The molecule has 2 rings (SSSR count). The van der Waals surface area contributed by atoms with Gasteiger partial charge in [-0.25, -0.2) is 14.4 Å². The molecule has 3 nitrogen and oxygen atoms in total. The van der Waals surface area contributed by atoms with Crippen molar-refractivity contribution < 1.29 is 4.39 Å². The molecular weight excluding hydrogens is 229 g/mol. The average molecular weight is 245 g/mol. The van der Waals surface area contributed by atoms with Gasteiger partial charge >= 0.3 is 0 Å². The average Bonchev–Trinajstić information content (AvgIpc) is 2.39. The Morgan fingerprint density at radius 3 is 2.72 bits per heavy atom. The van der Waals surface area contributed by atoms with Gasteiger partial charge in [-0.2, -0.15) is 0 Å². The molecule has 0 spiro atoms. The molecule has 1 heterocycles. The van der Waals surface area contributed by atoms with E-state index in [1.807, 2.05) is 19.2 Å². The molecule has 0 atom stereocenters. The minimum atomic E-state index is -0.275. The van der Waals surface area contributed by atoms with Crippen molar-refractivity contribution in [1.82, 2.24) is 9.97 Å². The van der Waals surface area contributed by atoms with Crippen LogP contribution in [0.3, 0.4) is 0 Å². The third kappa shape index (κ3) is 2.83. The summed E-state index contributed by atoms with van der Waals surface area (Å²) in [5.74, 6) is 1.04. The van der Waals surface area contributed by atoms with Crippen molar-refractivity contribution in [2.24, 2.45) is 0 Å². The Bertz CT molecular complexity index is 540. The van der Waals surface area contributed by atoms with E-state index in [0.29, 0.717) is 11.4 Å². The zero-order valence-corrected chi connectivity index (χ0v) is 10.6. The Morgan fingerprint density at radius 2 is 2.06 bits per heavy atom. The van der Waals surface area contributed by atoms with Gasteiger partial charge < -0.3 is 5.32 Å². The van der Waals surface area contributed by atoms with E-state index in [1.54, 1.807) is 6.07 Å². The van der Waals surface area contributed by atoms with Crippen LogP contribution in [-0.2, 0) is 6.42 Å². The first-order valence-corrected chi connectivity index (χ1v) is 6.04. The fourth-order valence-electron chi connectivity index (χ4n) is 1.77. The molecule has 0 aliphatic rings. The van der Waals surface area contributed by atoms with Crippen LogP contribution in [0, 0.1) is 5.82 Å². The molecule has 1 N–H and O–H groups in total. The van der Waals surface area contributed by atoms with Crippen LogP contribution in [0.2, 0.25) is 0 Å². The number of nitrogens with zero attached hydrogens (tertiary/aromatic N) is 2. The van der Waals surface area contributed by atoms with E-state index in [0.717, 1.165) is 24.4 Å². The number of halogens is 1. The number of benzene rings is 1. The fraction of sp³-hybridized carbons (Fsp3) is 0.286. The van der Waals surface area contributed by atoms with E-state index >= 15 is 0 Å². The molecule has 0 radical (unpaired) electrons. The maximum absolute atomic E-state index is 13.2. The van der Waals surface area contributed by atoms with Gasteiger partial charge in [-0.3, -0.25) is 0 Å². The van der Waals surface area contributed by atoms with Crippen LogP contribution in [0.25, 0.3) is 11.4 Å². The van der Waals surface area contributed by atoms with Crippen LogP contribution < -0.4 is 5.32 Å². The first kappa shape index (κ1) is 12.5.